The molecule has 0 saturated carbocycles. The number of hydrogen-bond donors (Lipinski definition) is 1. The fourth-order valence-corrected chi connectivity index (χ4v) is 4.59. The fourth-order valence-electron chi connectivity index (χ4n) is 3.71. The van der Waals surface area contributed by atoms with Crippen LogP contribution in [0.1, 0.15) is 18.3 Å². The average Bonchev–Trinajstić information content (AvgIpc) is 3.25. The maximum absolute atomic E-state index is 12.9. The van der Waals surface area contributed by atoms with E-state index < -0.39 is 0 Å². The molecule has 3 aromatic rings. The van der Waals surface area contributed by atoms with E-state index in [1.165, 1.54) is 11.8 Å². The molecule has 0 aliphatic carbocycles. The van der Waals surface area contributed by atoms with Gasteiger partial charge < -0.3 is 19.7 Å². The van der Waals surface area contributed by atoms with Crippen LogP contribution < -0.4 is 15.0 Å². The summed E-state index contributed by atoms with van der Waals surface area (Å²) in [5.41, 5.74) is 3.02. The van der Waals surface area contributed by atoms with Crippen molar-refractivity contribution in [3.63, 3.8) is 0 Å². The van der Waals surface area contributed by atoms with Crippen molar-refractivity contribution in [2.45, 2.75) is 37.4 Å². The Morgan fingerprint density at radius 1 is 1.23 bits per heavy atom. The summed E-state index contributed by atoms with van der Waals surface area (Å²) in [7, 11) is 0. The molecule has 0 spiro atoms. The second-order valence-electron chi connectivity index (χ2n) is 8.30. The summed E-state index contributed by atoms with van der Waals surface area (Å²) < 4.78 is 13.2. The van der Waals surface area contributed by atoms with Crippen LogP contribution in [-0.2, 0) is 22.7 Å². The van der Waals surface area contributed by atoms with E-state index in [0.717, 1.165) is 49.0 Å². The van der Waals surface area contributed by atoms with Crippen LogP contribution in [0.2, 0.25) is 0 Å². The lowest BCUT2D eigenvalue weighted by molar-refractivity contribution is -0.115. The number of nitrogens with zero attached hydrogens (tertiary/aromatic N) is 4. The van der Waals surface area contributed by atoms with E-state index in [-0.39, 0.29) is 17.8 Å². The molecular weight excluding hydrogens is 462 g/mol. The highest BCUT2D eigenvalue weighted by atomic mass is 32.2. The van der Waals surface area contributed by atoms with Gasteiger partial charge in [-0.3, -0.25) is 9.36 Å². The van der Waals surface area contributed by atoms with Crippen molar-refractivity contribution in [3.05, 3.63) is 72.6 Å². The Morgan fingerprint density at radius 2 is 2.00 bits per heavy atom. The molecule has 2 heterocycles. The summed E-state index contributed by atoms with van der Waals surface area (Å²) in [4.78, 5) is 15.1. The van der Waals surface area contributed by atoms with Crippen LogP contribution in [0.4, 0.5) is 11.4 Å². The van der Waals surface area contributed by atoms with E-state index in [4.69, 9.17) is 9.47 Å². The fraction of sp³-hybridized carbons (Fsp3) is 0.346. The summed E-state index contributed by atoms with van der Waals surface area (Å²) in [6.07, 6.45) is 1.78. The number of rotatable bonds is 10. The molecule has 1 aromatic heterocycles. The number of benzene rings is 2. The summed E-state index contributed by atoms with van der Waals surface area (Å²) >= 11 is 1.36. The Kier molecular flexibility index (Phi) is 8.44. The van der Waals surface area contributed by atoms with Crippen LogP contribution in [0.3, 0.4) is 0 Å². The SMILES string of the molecule is C=CCn1c(COc2cccc(C)c2)nnc1S[C@@H](C)C(=O)Nc1ccc(N2CCOCC2)cc1. The Labute approximate surface area is 210 Å². The molecule has 1 aliphatic rings. The number of ether oxygens (including phenoxy) is 2. The largest absolute Gasteiger partial charge is 0.486 e. The number of anilines is 2. The normalized spacial score (nSPS) is 14.4. The second-order valence-corrected chi connectivity index (χ2v) is 9.61. The molecule has 0 bridgehead atoms. The number of amides is 1. The van der Waals surface area contributed by atoms with Gasteiger partial charge in [0, 0.05) is 31.0 Å². The number of thioether (sulfide) groups is 1. The minimum absolute atomic E-state index is 0.0974. The van der Waals surface area contributed by atoms with Crippen LogP contribution in [0.5, 0.6) is 5.75 Å². The van der Waals surface area contributed by atoms with Gasteiger partial charge in [0.1, 0.15) is 12.4 Å². The molecule has 8 nitrogen and oxygen atoms in total. The minimum Gasteiger partial charge on any atom is -0.486 e. The lowest BCUT2D eigenvalue weighted by Crippen LogP contribution is -2.36. The minimum atomic E-state index is -0.368. The second kappa shape index (κ2) is 11.9. The number of carbonyl (C=O) groups is 1. The predicted octanol–water partition coefficient (Wildman–Crippen LogP) is 4.31. The smallest absolute Gasteiger partial charge is 0.237 e. The number of allylic oxidation sites excluding steroid dienone is 1. The summed E-state index contributed by atoms with van der Waals surface area (Å²) in [6, 6.07) is 15.8. The van der Waals surface area contributed by atoms with Crippen LogP contribution in [0.25, 0.3) is 0 Å². The summed E-state index contributed by atoms with van der Waals surface area (Å²) in [5, 5.41) is 11.9. The lowest BCUT2D eigenvalue weighted by atomic mass is 10.2. The van der Waals surface area contributed by atoms with E-state index in [2.05, 4.69) is 27.0 Å². The molecule has 1 saturated heterocycles. The van der Waals surface area contributed by atoms with E-state index in [9.17, 15) is 4.79 Å². The average molecular weight is 494 g/mol. The Morgan fingerprint density at radius 3 is 2.71 bits per heavy atom. The molecule has 184 valence electrons. The first-order valence-electron chi connectivity index (χ1n) is 11.7. The first-order valence-corrected chi connectivity index (χ1v) is 12.5. The van der Waals surface area contributed by atoms with Gasteiger partial charge in [-0.1, -0.05) is 30.0 Å². The number of nitrogens with one attached hydrogen (secondary N) is 1. The standard InChI is InChI=1S/C26H31N5O3S/c1-4-12-31-24(18-34-23-7-5-6-19(2)17-23)28-29-26(31)35-20(3)25(32)27-21-8-10-22(11-9-21)30-13-15-33-16-14-30/h4-11,17,20H,1,12-16,18H2,2-3H3,(H,27,32)/t20-/m0/s1. The number of carbonyl (C=O) groups excluding carboxylic acids is 1. The lowest BCUT2D eigenvalue weighted by Gasteiger charge is -2.28. The van der Waals surface area contributed by atoms with Crippen molar-refractivity contribution in [2.75, 3.05) is 36.5 Å². The van der Waals surface area contributed by atoms with Crippen LogP contribution >= 0.6 is 11.8 Å². The number of aryl methyl sites for hydroxylation is 1. The third-order valence-electron chi connectivity index (χ3n) is 5.63. The molecule has 1 amide bonds. The Bertz CT molecular complexity index is 1140. The molecule has 9 heteroatoms. The van der Waals surface area contributed by atoms with E-state index in [1.807, 2.05) is 66.9 Å². The quantitative estimate of drug-likeness (QED) is 0.333. The van der Waals surface area contributed by atoms with Crippen molar-refractivity contribution < 1.29 is 14.3 Å². The van der Waals surface area contributed by atoms with Gasteiger partial charge in [0.05, 0.1) is 18.5 Å². The highest BCUT2D eigenvalue weighted by Gasteiger charge is 2.20. The Balaban J connectivity index is 1.36. The van der Waals surface area contributed by atoms with Crippen LogP contribution in [-0.4, -0.2) is 52.2 Å². The molecule has 1 atom stereocenters. The third-order valence-corrected chi connectivity index (χ3v) is 6.71. The van der Waals surface area contributed by atoms with Crippen molar-refractivity contribution in [2.24, 2.45) is 0 Å². The topological polar surface area (TPSA) is 81.5 Å². The number of aromatic nitrogens is 3. The van der Waals surface area contributed by atoms with Crippen molar-refractivity contribution in [1.82, 2.24) is 14.8 Å². The molecule has 1 aliphatic heterocycles. The zero-order valence-electron chi connectivity index (χ0n) is 20.1. The maximum atomic E-state index is 12.9. The van der Waals surface area contributed by atoms with E-state index in [0.29, 0.717) is 17.5 Å². The maximum Gasteiger partial charge on any atom is 0.237 e. The molecule has 1 N–H and O–H groups in total. The van der Waals surface area contributed by atoms with Gasteiger partial charge in [-0.05, 0) is 55.8 Å². The van der Waals surface area contributed by atoms with Gasteiger partial charge in [-0.15, -0.1) is 16.8 Å². The highest BCUT2D eigenvalue weighted by Crippen LogP contribution is 2.25. The zero-order valence-corrected chi connectivity index (χ0v) is 21.0. The molecular formula is C26H31N5O3S. The van der Waals surface area contributed by atoms with Gasteiger partial charge in [0.2, 0.25) is 5.91 Å². The van der Waals surface area contributed by atoms with Gasteiger partial charge in [-0.2, -0.15) is 0 Å². The van der Waals surface area contributed by atoms with Gasteiger partial charge in [0.25, 0.3) is 0 Å². The summed E-state index contributed by atoms with van der Waals surface area (Å²) in [5.74, 6) is 1.36. The van der Waals surface area contributed by atoms with Crippen molar-refractivity contribution >= 4 is 29.0 Å². The van der Waals surface area contributed by atoms with E-state index in [1.54, 1.807) is 6.08 Å². The highest BCUT2D eigenvalue weighted by molar-refractivity contribution is 8.00. The van der Waals surface area contributed by atoms with Gasteiger partial charge in [-0.25, -0.2) is 0 Å². The zero-order chi connectivity index (χ0) is 24.6. The molecule has 0 radical (unpaired) electrons. The number of hydrogen-bond acceptors (Lipinski definition) is 7. The van der Waals surface area contributed by atoms with Crippen LogP contribution in [0.15, 0.2) is 66.3 Å². The van der Waals surface area contributed by atoms with Gasteiger partial charge >= 0.3 is 0 Å². The van der Waals surface area contributed by atoms with E-state index >= 15 is 0 Å². The summed E-state index contributed by atoms with van der Waals surface area (Å²) in [6.45, 7) is 11.8. The molecule has 1 fully saturated rings. The number of morpholine rings is 1. The predicted molar refractivity (Wildman–Crippen MR) is 139 cm³/mol. The van der Waals surface area contributed by atoms with Crippen molar-refractivity contribution in [3.8, 4) is 5.75 Å². The monoisotopic (exact) mass is 493 g/mol. The van der Waals surface area contributed by atoms with Crippen molar-refractivity contribution in [1.29, 1.82) is 0 Å². The molecule has 4 rings (SSSR count). The van der Waals surface area contributed by atoms with Gasteiger partial charge in [0.15, 0.2) is 11.0 Å². The van der Waals surface area contributed by atoms with Crippen LogP contribution in [0, 0.1) is 6.92 Å². The molecule has 0 unspecified atom stereocenters. The Hall–Kier alpha value is -3.30. The first kappa shape index (κ1) is 24.8. The third kappa shape index (κ3) is 6.64. The molecule has 2 aromatic carbocycles. The first-order chi connectivity index (χ1) is 17.0. The molecule has 35 heavy (non-hydrogen) atoms.